The normalized spacial score (nSPS) is 11.3. The Bertz CT molecular complexity index is 896. The Labute approximate surface area is 152 Å². The third-order valence-corrected chi connectivity index (χ3v) is 4.43. The van der Waals surface area contributed by atoms with Gasteiger partial charge >= 0.3 is 6.03 Å². The summed E-state index contributed by atoms with van der Waals surface area (Å²) in [5.74, 6) is 1.72. The van der Waals surface area contributed by atoms with Gasteiger partial charge in [-0.1, -0.05) is 12.1 Å². The summed E-state index contributed by atoms with van der Waals surface area (Å²) in [6.45, 7) is 5.11. The van der Waals surface area contributed by atoms with Crippen molar-refractivity contribution in [1.29, 1.82) is 0 Å². The van der Waals surface area contributed by atoms with Gasteiger partial charge in [0.1, 0.15) is 18.0 Å². The molecular formula is C18H25N7O. The van der Waals surface area contributed by atoms with Crippen LogP contribution in [0.2, 0.25) is 0 Å². The molecule has 0 bridgehead atoms. The zero-order chi connectivity index (χ0) is 18.7. The highest BCUT2D eigenvalue weighted by molar-refractivity contribution is 5.76. The number of para-hydroxylation sites is 2. The third-order valence-electron chi connectivity index (χ3n) is 4.43. The molecule has 138 valence electrons. The number of urea groups is 1. The monoisotopic (exact) mass is 355 g/mol. The maximum absolute atomic E-state index is 12.4. The molecule has 0 aliphatic carbocycles. The van der Waals surface area contributed by atoms with E-state index >= 15 is 0 Å². The summed E-state index contributed by atoms with van der Waals surface area (Å²) >= 11 is 0. The maximum Gasteiger partial charge on any atom is 0.317 e. The van der Waals surface area contributed by atoms with Gasteiger partial charge in [-0.2, -0.15) is 0 Å². The lowest BCUT2D eigenvalue weighted by Crippen LogP contribution is -2.38. The number of fused-ring (bicyclic) bond motifs is 1. The molecule has 0 saturated heterocycles. The first kappa shape index (κ1) is 17.9. The number of aryl methyl sites for hydroxylation is 1. The van der Waals surface area contributed by atoms with E-state index < -0.39 is 0 Å². The highest BCUT2D eigenvalue weighted by atomic mass is 16.2. The molecule has 0 spiro atoms. The van der Waals surface area contributed by atoms with Crippen molar-refractivity contribution >= 4 is 17.1 Å². The Balaban J connectivity index is 1.56. The first-order chi connectivity index (χ1) is 12.5. The van der Waals surface area contributed by atoms with Gasteiger partial charge in [-0.3, -0.25) is 0 Å². The van der Waals surface area contributed by atoms with E-state index in [1.807, 2.05) is 40.4 Å². The van der Waals surface area contributed by atoms with E-state index in [-0.39, 0.29) is 6.03 Å². The fourth-order valence-electron chi connectivity index (χ4n) is 2.91. The molecule has 0 unspecified atom stereocenters. The summed E-state index contributed by atoms with van der Waals surface area (Å²) in [7, 11) is 3.74. The van der Waals surface area contributed by atoms with Crippen molar-refractivity contribution in [2.24, 2.45) is 7.05 Å². The first-order valence-corrected chi connectivity index (χ1v) is 8.75. The second kappa shape index (κ2) is 7.55. The van der Waals surface area contributed by atoms with Gasteiger partial charge < -0.3 is 19.4 Å². The molecule has 1 aromatic carbocycles. The predicted octanol–water partition coefficient (Wildman–Crippen LogP) is 2.13. The van der Waals surface area contributed by atoms with E-state index in [4.69, 9.17) is 0 Å². The molecule has 0 aliphatic rings. The summed E-state index contributed by atoms with van der Waals surface area (Å²) in [6.07, 6.45) is 2.36. The molecule has 8 nitrogen and oxygen atoms in total. The highest BCUT2D eigenvalue weighted by Gasteiger charge is 2.14. The molecule has 26 heavy (non-hydrogen) atoms. The van der Waals surface area contributed by atoms with Crippen LogP contribution >= 0.6 is 0 Å². The number of rotatable bonds is 6. The van der Waals surface area contributed by atoms with Crippen molar-refractivity contribution in [3.63, 3.8) is 0 Å². The van der Waals surface area contributed by atoms with Gasteiger partial charge in [0.05, 0.1) is 17.6 Å². The second-order valence-electron chi connectivity index (χ2n) is 6.66. The third kappa shape index (κ3) is 3.68. The van der Waals surface area contributed by atoms with Crippen LogP contribution < -0.4 is 5.32 Å². The van der Waals surface area contributed by atoms with Crippen molar-refractivity contribution < 1.29 is 4.79 Å². The van der Waals surface area contributed by atoms with Crippen LogP contribution in [0, 0.1) is 0 Å². The van der Waals surface area contributed by atoms with E-state index in [1.165, 1.54) is 0 Å². The number of nitrogens with zero attached hydrogens (tertiary/aromatic N) is 6. The average Bonchev–Trinajstić information content (AvgIpc) is 3.20. The van der Waals surface area contributed by atoms with Crippen LogP contribution in [0.4, 0.5) is 4.79 Å². The summed E-state index contributed by atoms with van der Waals surface area (Å²) in [5, 5.41) is 11.0. The minimum atomic E-state index is -0.132. The minimum Gasteiger partial charge on any atom is -0.338 e. The number of benzene rings is 1. The van der Waals surface area contributed by atoms with Crippen molar-refractivity contribution in [2.45, 2.75) is 32.9 Å². The van der Waals surface area contributed by atoms with Crippen LogP contribution in [0.3, 0.4) is 0 Å². The second-order valence-corrected chi connectivity index (χ2v) is 6.66. The molecule has 2 heterocycles. The molecule has 1 N–H and O–H groups in total. The number of hydrogen-bond donors (Lipinski definition) is 1. The first-order valence-electron chi connectivity index (χ1n) is 8.75. The number of carbonyl (C=O) groups excluding carboxylic acids is 1. The Morgan fingerprint density at radius 2 is 2.04 bits per heavy atom. The number of hydrogen-bond acceptors (Lipinski definition) is 4. The highest BCUT2D eigenvalue weighted by Crippen LogP contribution is 2.15. The smallest absolute Gasteiger partial charge is 0.317 e. The lowest BCUT2D eigenvalue weighted by molar-refractivity contribution is 0.205. The molecule has 2 aromatic heterocycles. The van der Waals surface area contributed by atoms with Crippen LogP contribution in [0.1, 0.15) is 31.5 Å². The fraction of sp³-hybridized carbons (Fsp3) is 0.444. The van der Waals surface area contributed by atoms with Gasteiger partial charge in [0.25, 0.3) is 0 Å². The topological polar surface area (TPSA) is 80.9 Å². The summed E-state index contributed by atoms with van der Waals surface area (Å²) in [6, 6.07) is 8.12. The molecule has 0 saturated carbocycles. The standard InChI is InChI=1S/C18H25N7O/c1-13(2)25-12-20-22-16(25)9-10-19-18(26)23(3)11-17-21-14-7-5-6-8-15(14)24(17)4/h5-8,12-13H,9-11H2,1-4H3,(H,19,26). The number of nitrogens with one attached hydrogen (secondary N) is 1. The van der Waals surface area contributed by atoms with Crippen LogP contribution in [-0.4, -0.2) is 48.8 Å². The summed E-state index contributed by atoms with van der Waals surface area (Å²) in [4.78, 5) is 18.6. The molecule has 2 amide bonds. The minimum absolute atomic E-state index is 0.132. The summed E-state index contributed by atoms with van der Waals surface area (Å²) < 4.78 is 4.03. The molecule has 0 aliphatic heterocycles. The van der Waals surface area contributed by atoms with E-state index in [2.05, 4.69) is 34.3 Å². The zero-order valence-corrected chi connectivity index (χ0v) is 15.7. The van der Waals surface area contributed by atoms with Crippen LogP contribution in [0.15, 0.2) is 30.6 Å². The van der Waals surface area contributed by atoms with Crippen molar-refractivity contribution in [3.8, 4) is 0 Å². The Hall–Kier alpha value is -2.90. The Morgan fingerprint density at radius 1 is 1.27 bits per heavy atom. The van der Waals surface area contributed by atoms with Crippen molar-refractivity contribution in [3.05, 3.63) is 42.2 Å². The van der Waals surface area contributed by atoms with Gasteiger partial charge in [0.2, 0.25) is 0 Å². The van der Waals surface area contributed by atoms with E-state index in [9.17, 15) is 4.79 Å². The number of aromatic nitrogens is 5. The lowest BCUT2D eigenvalue weighted by Gasteiger charge is -2.18. The Morgan fingerprint density at radius 3 is 2.77 bits per heavy atom. The predicted molar refractivity (Wildman–Crippen MR) is 99.7 cm³/mol. The zero-order valence-electron chi connectivity index (χ0n) is 15.7. The number of carbonyl (C=O) groups is 1. The molecule has 8 heteroatoms. The largest absolute Gasteiger partial charge is 0.338 e. The lowest BCUT2D eigenvalue weighted by atomic mass is 10.3. The maximum atomic E-state index is 12.4. The molecular weight excluding hydrogens is 330 g/mol. The SMILES string of the molecule is CC(C)n1cnnc1CCNC(=O)N(C)Cc1nc2ccccc2n1C. The summed E-state index contributed by atoms with van der Waals surface area (Å²) in [5.41, 5.74) is 2.00. The molecule has 0 fully saturated rings. The van der Waals surface area contributed by atoms with Crippen LogP contribution in [0.5, 0.6) is 0 Å². The number of amides is 2. The van der Waals surface area contributed by atoms with Crippen LogP contribution in [0.25, 0.3) is 11.0 Å². The van der Waals surface area contributed by atoms with Gasteiger partial charge in [-0.05, 0) is 26.0 Å². The molecule has 0 atom stereocenters. The van der Waals surface area contributed by atoms with Gasteiger partial charge in [0, 0.05) is 33.1 Å². The quantitative estimate of drug-likeness (QED) is 0.734. The van der Waals surface area contributed by atoms with Crippen molar-refractivity contribution in [2.75, 3.05) is 13.6 Å². The van der Waals surface area contributed by atoms with Crippen molar-refractivity contribution in [1.82, 2.24) is 34.5 Å². The number of imidazole rings is 1. The van der Waals surface area contributed by atoms with Crippen LogP contribution in [-0.2, 0) is 20.0 Å². The van der Waals surface area contributed by atoms with Gasteiger partial charge in [-0.15, -0.1) is 10.2 Å². The molecule has 3 rings (SSSR count). The fourth-order valence-corrected chi connectivity index (χ4v) is 2.91. The van der Waals surface area contributed by atoms with Gasteiger partial charge in [0.15, 0.2) is 0 Å². The van der Waals surface area contributed by atoms with Gasteiger partial charge in [-0.25, -0.2) is 9.78 Å². The van der Waals surface area contributed by atoms with E-state index in [0.717, 1.165) is 22.7 Å². The average molecular weight is 355 g/mol. The van der Waals surface area contributed by atoms with E-state index in [0.29, 0.717) is 25.6 Å². The van der Waals surface area contributed by atoms with E-state index in [1.54, 1.807) is 18.3 Å². The molecule has 0 radical (unpaired) electrons. The Kier molecular flexibility index (Phi) is 5.20. The molecule has 3 aromatic rings.